The lowest BCUT2D eigenvalue weighted by atomic mass is 10.1. The van der Waals surface area contributed by atoms with Gasteiger partial charge in [-0.25, -0.2) is 0 Å². The quantitative estimate of drug-likeness (QED) is 0.465. The first-order valence-corrected chi connectivity index (χ1v) is 10.8. The fourth-order valence-corrected chi connectivity index (χ4v) is 3.70. The van der Waals surface area contributed by atoms with E-state index in [9.17, 15) is 14.4 Å². The molecule has 0 radical (unpaired) electrons. The van der Waals surface area contributed by atoms with Crippen molar-refractivity contribution in [3.63, 3.8) is 0 Å². The highest BCUT2D eigenvalue weighted by Gasteiger charge is 2.25. The molecule has 4 rings (SSSR count). The van der Waals surface area contributed by atoms with Crippen molar-refractivity contribution in [3.8, 4) is 0 Å². The first-order chi connectivity index (χ1) is 16.0. The number of amides is 2. The molecule has 33 heavy (non-hydrogen) atoms. The highest BCUT2D eigenvalue weighted by molar-refractivity contribution is 6.05. The SMILES string of the molecule is CC(=O)c1ccc(N2CCN(C(=O)C(=Cc3ccco3)NC(=O)c3ccccc3)CC2)cc1. The molecule has 1 aliphatic heterocycles. The number of ketones is 1. The van der Waals surface area contributed by atoms with E-state index in [-0.39, 0.29) is 23.3 Å². The molecule has 0 unspecified atom stereocenters. The zero-order valence-electron chi connectivity index (χ0n) is 18.4. The Hall–Kier alpha value is -4.13. The van der Waals surface area contributed by atoms with Crippen molar-refractivity contribution in [1.82, 2.24) is 10.2 Å². The number of benzene rings is 2. The summed E-state index contributed by atoms with van der Waals surface area (Å²) in [5.41, 5.74) is 2.32. The third kappa shape index (κ3) is 5.38. The highest BCUT2D eigenvalue weighted by atomic mass is 16.3. The van der Waals surface area contributed by atoms with Crippen LogP contribution in [-0.2, 0) is 4.79 Å². The molecule has 1 aliphatic rings. The molecule has 2 aromatic carbocycles. The van der Waals surface area contributed by atoms with Gasteiger partial charge in [-0.2, -0.15) is 0 Å². The Labute approximate surface area is 192 Å². The topological polar surface area (TPSA) is 82.9 Å². The van der Waals surface area contributed by atoms with Crippen LogP contribution in [0.15, 0.2) is 83.1 Å². The molecule has 168 valence electrons. The molecule has 2 heterocycles. The fourth-order valence-electron chi connectivity index (χ4n) is 3.70. The summed E-state index contributed by atoms with van der Waals surface area (Å²) in [5, 5.41) is 2.75. The molecule has 1 fully saturated rings. The summed E-state index contributed by atoms with van der Waals surface area (Å²) in [6.45, 7) is 3.84. The molecular weight excluding hydrogens is 418 g/mol. The summed E-state index contributed by atoms with van der Waals surface area (Å²) in [5.74, 6) is -0.102. The van der Waals surface area contributed by atoms with Gasteiger partial charge in [0, 0.05) is 49.1 Å². The lowest BCUT2D eigenvalue weighted by Crippen LogP contribution is -2.50. The number of hydrogen-bond acceptors (Lipinski definition) is 5. The van der Waals surface area contributed by atoms with Crippen LogP contribution in [-0.4, -0.2) is 48.7 Å². The number of carbonyl (C=O) groups is 3. The van der Waals surface area contributed by atoms with Gasteiger partial charge >= 0.3 is 0 Å². The Morgan fingerprint density at radius 1 is 0.848 bits per heavy atom. The van der Waals surface area contributed by atoms with Gasteiger partial charge in [-0.3, -0.25) is 14.4 Å². The average Bonchev–Trinajstić information content (AvgIpc) is 3.37. The molecule has 0 bridgehead atoms. The maximum Gasteiger partial charge on any atom is 0.270 e. The van der Waals surface area contributed by atoms with Crippen molar-refractivity contribution in [2.45, 2.75) is 6.92 Å². The smallest absolute Gasteiger partial charge is 0.270 e. The van der Waals surface area contributed by atoms with Crippen LogP contribution in [0.3, 0.4) is 0 Å². The minimum absolute atomic E-state index is 0.0328. The third-order valence-electron chi connectivity index (χ3n) is 5.55. The molecule has 7 nitrogen and oxygen atoms in total. The van der Waals surface area contributed by atoms with Crippen LogP contribution < -0.4 is 10.2 Å². The number of furan rings is 1. The number of Topliss-reactive ketones (excluding diaryl/α,β-unsaturated/α-hetero) is 1. The molecule has 0 atom stereocenters. The van der Waals surface area contributed by atoms with E-state index >= 15 is 0 Å². The highest BCUT2D eigenvalue weighted by Crippen LogP contribution is 2.19. The maximum atomic E-state index is 13.3. The van der Waals surface area contributed by atoms with Crippen molar-refractivity contribution in [3.05, 3.63) is 95.6 Å². The average molecular weight is 444 g/mol. The van der Waals surface area contributed by atoms with Crippen LogP contribution in [0.1, 0.15) is 33.4 Å². The second-order valence-corrected chi connectivity index (χ2v) is 7.78. The Morgan fingerprint density at radius 2 is 1.55 bits per heavy atom. The number of carbonyl (C=O) groups excluding carboxylic acids is 3. The van der Waals surface area contributed by atoms with Gasteiger partial charge in [-0.15, -0.1) is 0 Å². The summed E-state index contributed by atoms with van der Waals surface area (Å²) < 4.78 is 5.36. The first kappa shape index (κ1) is 22.1. The summed E-state index contributed by atoms with van der Waals surface area (Å²) in [6, 6.07) is 19.7. The molecule has 2 amide bonds. The second kappa shape index (κ2) is 9.99. The van der Waals surface area contributed by atoms with E-state index in [1.165, 1.54) is 6.26 Å². The van der Waals surface area contributed by atoms with E-state index in [0.717, 1.165) is 5.69 Å². The van der Waals surface area contributed by atoms with Crippen LogP contribution in [0.2, 0.25) is 0 Å². The monoisotopic (exact) mass is 443 g/mol. The van der Waals surface area contributed by atoms with Crippen LogP contribution in [0.5, 0.6) is 0 Å². The molecule has 1 aromatic heterocycles. The number of anilines is 1. The van der Waals surface area contributed by atoms with E-state index in [0.29, 0.717) is 43.1 Å². The predicted molar refractivity (Wildman–Crippen MR) is 126 cm³/mol. The molecule has 1 saturated heterocycles. The van der Waals surface area contributed by atoms with Crippen molar-refractivity contribution in [1.29, 1.82) is 0 Å². The van der Waals surface area contributed by atoms with E-state index in [4.69, 9.17) is 4.42 Å². The minimum Gasteiger partial charge on any atom is -0.465 e. The van der Waals surface area contributed by atoms with Crippen LogP contribution in [0, 0.1) is 0 Å². The van der Waals surface area contributed by atoms with Gasteiger partial charge in [0.2, 0.25) is 0 Å². The number of nitrogens with zero attached hydrogens (tertiary/aromatic N) is 2. The van der Waals surface area contributed by atoms with Gasteiger partial charge < -0.3 is 19.5 Å². The normalized spacial score (nSPS) is 14.2. The van der Waals surface area contributed by atoms with E-state index < -0.39 is 0 Å². The van der Waals surface area contributed by atoms with Gasteiger partial charge in [-0.1, -0.05) is 18.2 Å². The van der Waals surface area contributed by atoms with Gasteiger partial charge in [-0.05, 0) is 55.5 Å². The van der Waals surface area contributed by atoms with Crippen molar-refractivity contribution >= 4 is 29.4 Å². The lowest BCUT2D eigenvalue weighted by molar-refractivity contribution is -0.127. The molecule has 0 aliphatic carbocycles. The predicted octanol–water partition coefficient (Wildman–Crippen LogP) is 3.60. The van der Waals surface area contributed by atoms with Crippen molar-refractivity contribution in [2.75, 3.05) is 31.1 Å². The second-order valence-electron chi connectivity index (χ2n) is 7.78. The van der Waals surface area contributed by atoms with Crippen LogP contribution >= 0.6 is 0 Å². The molecule has 0 saturated carbocycles. The Morgan fingerprint density at radius 3 is 2.15 bits per heavy atom. The van der Waals surface area contributed by atoms with E-state index in [2.05, 4.69) is 10.2 Å². The van der Waals surface area contributed by atoms with E-state index in [1.54, 1.807) is 54.3 Å². The number of piperazine rings is 1. The molecule has 7 heteroatoms. The van der Waals surface area contributed by atoms with Gasteiger partial charge in [0.1, 0.15) is 11.5 Å². The largest absolute Gasteiger partial charge is 0.465 e. The molecule has 1 N–H and O–H groups in total. The third-order valence-corrected chi connectivity index (χ3v) is 5.55. The Bertz CT molecular complexity index is 1140. The summed E-state index contributed by atoms with van der Waals surface area (Å²) in [6.07, 6.45) is 3.07. The first-order valence-electron chi connectivity index (χ1n) is 10.8. The Kier molecular flexibility index (Phi) is 6.69. The zero-order valence-corrected chi connectivity index (χ0v) is 18.4. The minimum atomic E-state index is -0.356. The van der Waals surface area contributed by atoms with Crippen molar-refractivity contribution < 1.29 is 18.8 Å². The number of hydrogen-bond donors (Lipinski definition) is 1. The number of nitrogens with one attached hydrogen (secondary N) is 1. The van der Waals surface area contributed by atoms with Crippen molar-refractivity contribution in [2.24, 2.45) is 0 Å². The molecule has 0 spiro atoms. The van der Waals surface area contributed by atoms with Crippen LogP contribution in [0.25, 0.3) is 6.08 Å². The summed E-state index contributed by atoms with van der Waals surface area (Å²) in [4.78, 5) is 41.4. The van der Waals surface area contributed by atoms with Gasteiger partial charge in [0.15, 0.2) is 5.78 Å². The number of rotatable bonds is 6. The fraction of sp³-hybridized carbons (Fsp3) is 0.192. The Balaban J connectivity index is 1.45. The van der Waals surface area contributed by atoms with Gasteiger partial charge in [0.25, 0.3) is 11.8 Å². The van der Waals surface area contributed by atoms with E-state index in [1.807, 2.05) is 30.3 Å². The zero-order chi connectivity index (χ0) is 23.2. The van der Waals surface area contributed by atoms with Gasteiger partial charge in [0.05, 0.1) is 6.26 Å². The summed E-state index contributed by atoms with van der Waals surface area (Å²) >= 11 is 0. The molecular formula is C26H25N3O4. The molecule has 3 aromatic rings. The lowest BCUT2D eigenvalue weighted by Gasteiger charge is -2.36. The maximum absolute atomic E-state index is 13.3. The van der Waals surface area contributed by atoms with Crippen LogP contribution in [0.4, 0.5) is 5.69 Å². The standard InChI is InChI=1S/C26H25N3O4/c1-19(30)20-9-11-22(12-10-20)28-13-15-29(16-14-28)26(32)24(18-23-8-5-17-33-23)27-25(31)21-6-3-2-4-7-21/h2-12,17-18H,13-16H2,1H3,(H,27,31). The summed E-state index contributed by atoms with van der Waals surface area (Å²) in [7, 11) is 0.